The molecule has 6 fully saturated rings. The highest BCUT2D eigenvalue weighted by atomic mass is 16.8. The molecule has 8 aliphatic rings. The van der Waals surface area contributed by atoms with Gasteiger partial charge in [-0.05, 0) is 74.0 Å². The molecule has 8 rings (SSSR count). The molecule has 4 aliphatic carbocycles. The van der Waals surface area contributed by atoms with E-state index >= 15 is 0 Å². The molecule has 39 heavy (non-hydrogen) atoms. The van der Waals surface area contributed by atoms with Gasteiger partial charge in [0.05, 0.1) is 24.7 Å². The number of aliphatic hydroxyl groups is 1. The Morgan fingerprint density at radius 1 is 1.23 bits per heavy atom. The minimum absolute atomic E-state index is 0.0840. The van der Waals surface area contributed by atoms with Gasteiger partial charge >= 0.3 is 0 Å². The predicted octanol–water partition coefficient (Wildman–Crippen LogP) is 4.53. The lowest BCUT2D eigenvalue weighted by Crippen LogP contribution is -2.87. The molecule has 0 amide bonds. The molecule has 3 spiro atoms. The van der Waals surface area contributed by atoms with Crippen molar-refractivity contribution >= 4 is 5.78 Å². The second kappa shape index (κ2) is 8.08. The quantitative estimate of drug-likeness (QED) is 0.178. The van der Waals surface area contributed by atoms with Crippen LogP contribution in [0.5, 0.6) is 0 Å². The molecular formula is C29H39N3O7. The van der Waals surface area contributed by atoms with Gasteiger partial charge in [0.25, 0.3) is 0 Å². The van der Waals surface area contributed by atoms with Crippen LogP contribution < -0.4 is 0 Å². The van der Waals surface area contributed by atoms with E-state index in [1.165, 1.54) is 5.57 Å². The molecule has 4 bridgehead atoms. The van der Waals surface area contributed by atoms with Crippen molar-refractivity contribution < 1.29 is 33.6 Å². The summed E-state index contributed by atoms with van der Waals surface area (Å²) in [5.74, 6) is -2.34. The number of carbonyl (C=O) groups excluding carboxylic acids is 1. The van der Waals surface area contributed by atoms with Crippen molar-refractivity contribution in [1.82, 2.24) is 0 Å². The van der Waals surface area contributed by atoms with Gasteiger partial charge in [0.2, 0.25) is 5.79 Å². The lowest BCUT2D eigenvalue weighted by atomic mass is 9.36. The number of allylic oxidation sites excluding steroid dienone is 1. The van der Waals surface area contributed by atoms with Crippen molar-refractivity contribution in [2.75, 3.05) is 19.8 Å². The van der Waals surface area contributed by atoms with Gasteiger partial charge in [-0.15, -0.1) is 0 Å². The first-order valence-electron chi connectivity index (χ1n) is 14.4. The van der Waals surface area contributed by atoms with E-state index in [0.29, 0.717) is 31.8 Å². The summed E-state index contributed by atoms with van der Waals surface area (Å²) in [7, 11) is 0. The monoisotopic (exact) mass is 541 g/mol. The molecule has 1 N–H and O–H groups in total. The second-order valence-corrected chi connectivity index (χ2v) is 13.8. The van der Waals surface area contributed by atoms with Gasteiger partial charge in [0, 0.05) is 29.7 Å². The fourth-order valence-corrected chi connectivity index (χ4v) is 10.2. The zero-order valence-electron chi connectivity index (χ0n) is 23.3. The standard InChI is InChI=1S/C29H39N3O7/c1-15-17-8-9-18-27-14-36-29(28(18,21(15)33)24(17)38-26(4,5)39-29)22(34)20(27)25(2,3)13-16-7-10-19(37-23(16)27)35-12-6-11-31-32-30/h17-20,22,24,34H,1,6-14H2,2-5H3/t17-,18-,19+,20+,22-,24+,27-,28-,29?/m0/s1. The number of hydrogen-bond donors (Lipinski definition) is 1. The number of fused-ring (bicyclic) bond motifs is 1. The number of hydrogen-bond acceptors (Lipinski definition) is 8. The number of nitrogens with zero attached hydrogens (tertiary/aromatic N) is 3. The Morgan fingerprint density at radius 3 is 2.79 bits per heavy atom. The third-order valence-corrected chi connectivity index (χ3v) is 11.0. The average Bonchev–Trinajstić information content (AvgIpc) is 2.99. The fraction of sp³-hybridized carbons (Fsp3) is 0.828. The van der Waals surface area contributed by atoms with E-state index in [-0.39, 0.29) is 29.0 Å². The van der Waals surface area contributed by atoms with Gasteiger partial charge in [-0.1, -0.05) is 25.5 Å². The van der Waals surface area contributed by atoms with E-state index in [9.17, 15) is 9.90 Å². The summed E-state index contributed by atoms with van der Waals surface area (Å²) < 4.78 is 32.8. The molecule has 0 aromatic heterocycles. The van der Waals surface area contributed by atoms with Crippen LogP contribution in [0.3, 0.4) is 0 Å². The van der Waals surface area contributed by atoms with E-state index < -0.39 is 40.9 Å². The van der Waals surface area contributed by atoms with Crippen molar-refractivity contribution in [3.63, 3.8) is 0 Å². The number of carbonyl (C=O) groups is 1. The molecule has 3 saturated heterocycles. The number of azide groups is 1. The first-order chi connectivity index (χ1) is 18.5. The molecule has 0 aromatic rings. The van der Waals surface area contributed by atoms with Gasteiger partial charge in [0.15, 0.2) is 17.9 Å². The third kappa shape index (κ3) is 2.95. The first kappa shape index (κ1) is 26.0. The molecule has 1 unspecified atom stereocenters. The van der Waals surface area contributed by atoms with E-state index in [4.69, 9.17) is 29.2 Å². The minimum Gasteiger partial charge on any atom is -0.469 e. The maximum atomic E-state index is 14.4. The van der Waals surface area contributed by atoms with Crippen LogP contribution in [-0.2, 0) is 28.5 Å². The molecule has 0 radical (unpaired) electrons. The second-order valence-electron chi connectivity index (χ2n) is 13.8. The van der Waals surface area contributed by atoms with Crippen molar-refractivity contribution in [3.05, 3.63) is 33.9 Å². The molecule has 3 saturated carbocycles. The summed E-state index contributed by atoms with van der Waals surface area (Å²) in [6.07, 6.45) is 2.53. The maximum absolute atomic E-state index is 14.4. The van der Waals surface area contributed by atoms with Crippen molar-refractivity contribution in [3.8, 4) is 0 Å². The van der Waals surface area contributed by atoms with Crippen molar-refractivity contribution in [1.29, 1.82) is 0 Å². The Labute approximate surface area is 228 Å². The van der Waals surface area contributed by atoms with E-state index in [1.54, 1.807) is 0 Å². The van der Waals surface area contributed by atoms with Crippen LogP contribution >= 0.6 is 0 Å². The van der Waals surface area contributed by atoms with Gasteiger partial charge < -0.3 is 28.8 Å². The topological polar surface area (TPSA) is 132 Å². The van der Waals surface area contributed by atoms with Crippen LogP contribution in [0.15, 0.2) is 28.6 Å². The third-order valence-electron chi connectivity index (χ3n) is 11.0. The highest BCUT2D eigenvalue weighted by Crippen LogP contribution is 2.80. The summed E-state index contributed by atoms with van der Waals surface area (Å²) in [5, 5.41) is 16.0. The Kier molecular flexibility index (Phi) is 5.39. The lowest BCUT2D eigenvalue weighted by Gasteiger charge is -2.77. The Bertz CT molecular complexity index is 1220. The largest absolute Gasteiger partial charge is 0.469 e. The molecule has 10 heteroatoms. The molecule has 4 aliphatic heterocycles. The summed E-state index contributed by atoms with van der Waals surface area (Å²) in [6, 6.07) is 0. The van der Waals surface area contributed by atoms with Gasteiger partial charge in [0.1, 0.15) is 17.3 Å². The first-order valence-corrected chi connectivity index (χ1v) is 14.4. The molecule has 4 heterocycles. The van der Waals surface area contributed by atoms with Crippen LogP contribution in [0.25, 0.3) is 10.4 Å². The Balaban J connectivity index is 1.36. The van der Waals surface area contributed by atoms with Crippen molar-refractivity contribution in [2.45, 2.75) is 96.3 Å². The molecule has 9 atom stereocenters. The summed E-state index contributed by atoms with van der Waals surface area (Å²) in [4.78, 5) is 17.2. The van der Waals surface area contributed by atoms with Crippen LogP contribution in [0.2, 0.25) is 0 Å². The lowest BCUT2D eigenvalue weighted by molar-refractivity contribution is -0.527. The van der Waals surface area contributed by atoms with Crippen LogP contribution in [0.1, 0.15) is 66.2 Å². The van der Waals surface area contributed by atoms with Crippen LogP contribution in [-0.4, -0.2) is 60.7 Å². The summed E-state index contributed by atoms with van der Waals surface area (Å²) in [6.45, 7) is 13.5. The van der Waals surface area contributed by atoms with E-state index in [2.05, 4.69) is 30.5 Å². The molecule has 212 valence electrons. The highest BCUT2D eigenvalue weighted by molar-refractivity contribution is 6.05. The van der Waals surface area contributed by atoms with Crippen molar-refractivity contribution in [2.24, 2.45) is 39.1 Å². The van der Waals surface area contributed by atoms with Crippen LogP contribution in [0, 0.1) is 34.0 Å². The average molecular weight is 542 g/mol. The van der Waals surface area contributed by atoms with Gasteiger partial charge in [-0.2, -0.15) is 0 Å². The van der Waals surface area contributed by atoms with Gasteiger partial charge in [-0.3, -0.25) is 4.79 Å². The molecule has 0 aromatic carbocycles. The van der Waals surface area contributed by atoms with E-state index in [0.717, 1.165) is 37.9 Å². The highest BCUT2D eigenvalue weighted by Gasteiger charge is 2.90. The number of ketones is 1. The number of Topliss-reactive ketones (excluding diaryl/α,β-unsaturated/α-hetero) is 1. The fourth-order valence-electron chi connectivity index (χ4n) is 10.2. The predicted molar refractivity (Wildman–Crippen MR) is 138 cm³/mol. The number of aliphatic hydroxyl groups excluding tert-OH is 1. The Morgan fingerprint density at radius 2 is 2.03 bits per heavy atom. The SMILES string of the molecule is C=C1C(=O)[C@@]23[C@@H]4OC(C)(C)OC25OC[C@]2(C6=C(CC[C@H](OCCCN=[N+]=[N-])O6)CC(C)(C)[C@H]2[C@@H]5O)[C@@H]3CC[C@@H]14. The summed E-state index contributed by atoms with van der Waals surface area (Å²) in [5.41, 5.74) is 8.16. The Hall–Kier alpha value is -1.94. The smallest absolute Gasteiger partial charge is 0.213 e. The molecular weight excluding hydrogens is 502 g/mol. The zero-order valence-corrected chi connectivity index (χ0v) is 23.3. The minimum atomic E-state index is -1.51. The molecule has 10 nitrogen and oxygen atoms in total. The number of ether oxygens (including phenoxy) is 5. The maximum Gasteiger partial charge on any atom is 0.213 e. The summed E-state index contributed by atoms with van der Waals surface area (Å²) >= 11 is 0. The normalized spacial score (nSPS) is 48.0. The van der Waals surface area contributed by atoms with E-state index in [1.807, 2.05) is 13.8 Å². The zero-order chi connectivity index (χ0) is 27.6. The van der Waals surface area contributed by atoms with Crippen LogP contribution in [0.4, 0.5) is 0 Å². The van der Waals surface area contributed by atoms with Gasteiger partial charge in [-0.25, -0.2) is 0 Å². The number of rotatable bonds is 5.